The van der Waals surface area contributed by atoms with E-state index in [4.69, 9.17) is 0 Å². The molecule has 0 saturated carbocycles. The zero-order chi connectivity index (χ0) is 18.3. The van der Waals surface area contributed by atoms with Crippen LogP contribution in [0.25, 0.3) is 0 Å². The molecule has 130 valence electrons. The minimum atomic E-state index is 0.0682. The molecule has 0 N–H and O–H groups in total. The standard InChI is InChI=1S/C22H28.C2H6/c1-14(2)16-9-11-18-20(13-16)22(6,7)17-10-8-15(3)12-19(17)21(18,4)5;1-2/h8-14H,1-7H3;1-2H3. The van der Waals surface area contributed by atoms with Gasteiger partial charge in [-0.2, -0.15) is 0 Å². The molecule has 0 spiro atoms. The molecule has 1 aliphatic carbocycles. The van der Waals surface area contributed by atoms with Crippen molar-refractivity contribution in [2.75, 3.05) is 0 Å². The lowest BCUT2D eigenvalue weighted by Crippen LogP contribution is -2.36. The molecule has 24 heavy (non-hydrogen) atoms. The number of benzene rings is 2. The maximum atomic E-state index is 2.45. The second kappa shape index (κ2) is 6.39. The van der Waals surface area contributed by atoms with E-state index in [-0.39, 0.29) is 10.8 Å². The Bertz CT molecular complexity index is 730. The van der Waals surface area contributed by atoms with E-state index in [9.17, 15) is 0 Å². The summed E-state index contributed by atoms with van der Waals surface area (Å²) in [5.74, 6) is 0.573. The number of hydrogen-bond acceptors (Lipinski definition) is 0. The van der Waals surface area contributed by atoms with E-state index in [1.807, 2.05) is 13.8 Å². The van der Waals surface area contributed by atoms with E-state index >= 15 is 0 Å². The Hall–Kier alpha value is -1.56. The van der Waals surface area contributed by atoms with Gasteiger partial charge in [-0.3, -0.25) is 0 Å². The van der Waals surface area contributed by atoms with Crippen LogP contribution in [0, 0.1) is 6.92 Å². The molecule has 0 nitrogen and oxygen atoms in total. The van der Waals surface area contributed by atoms with Gasteiger partial charge < -0.3 is 0 Å². The molecule has 2 aromatic carbocycles. The van der Waals surface area contributed by atoms with E-state index in [2.05, 4.69) is 84.9 Å². The SMILES string of the molecule is CC.Cc1ccc2c(c1)C(C)(C)c1ccc(C(C)C)cc1C2(C)C. The van der Waals surface area contributed by atoms with E-state index in [1.165, 1.54) is 33.4 Å². The lowest BCUT2D eigenvalue weighted by Gasteiger charge is -2.44. The van der Waals surface area contributed by atoms with E-state index in [0.29, 0.717) is 5.92 Å². The molecule has 1 aliphatic rings. The second-order valence-corrected chi connectivity index (χ2v) is 8.26. The molecule has 0 fully saturated rings. The molecule has 0 aliphatic heterocycles. The number of hydrogen-bond donors (Lipinski definition) is 0. The number of aryl methyl sites for hydroxylation is 1. The van der Waals surface area contributed by atoms with Crippen molar-refractivity contribution in [1.82, 2.24) is 0 Å². The topological polar surface area (TPSA) is 0 Å². The number of fused-ring (bicyclic) bond motifs is 2. The predicted octanol–water partition coefficient (Wildman–Crippen LogP) is 7.11. The highest BCUT2D eigenvalue weighted by molar-refractivity contribution is 5.59. The van der Waals surface area contributed by atoms with Gasteiger partial charge in [0.25, 0.3) is 0 Å². The second-order valence-electron chi connectivity index (χ2n) is 8.26. The van der Waals surface area contributed by atoms with Crippen LogP contribution >= 0.6 is 0 Å². The van der Waals surface area contributed by atoms with Gasteiger partial charge in [-0.15, -0.1) is 0 Å². The van der Waals surface area contributed by atoms with Crippen LogP contribution in [0.3, 0.4) is 0 Å². The van der Waals surface area contributed by atoms with Gasteiger partial charge in [-0.25, -0.2) is 0 Å². The highest BCUT2D eigenvalue weighted by atomic mass is 14.4. The van der Waals surface area contributed by atoms with Gasteiger partial charge in [-0.1, -0.05) is 97.4 Å². The van der Waals surface area contributed by atoms with Gasteiger partial charge in [0.2, 0.25) is 0 Å². The molecule has 0 radical (unpaired) electrons. The minimum absolute atomic E-state index is 0.0682. The summed E-state index contributed by atoms with van der Waals surface area (Å²) in [7, 11) is 0. The van der Waals surface area contributed by atoms with Gasteiger partial charge in [-0.05, 0) is 40.7 Å². The smallest absolute Gasteiger partial charge is 0.0152 e. The molecule has 0 atom stereocenters. The van der Waals surface area contributed by atoms with Crippen LogP contribution in [-0.4, -0.2) is 0 Å². The molecule has 0 bridgehead atoms. The lowest BCUT2D eigenvalue weighted by atomic mass is 9.59. The monoisotopic (exact) mass is 322 g/mol. The molecule has 0 heterocycles. The molecular weight excluding hydrogens is 288 g/mol. The fourth-order valence-corrected chi connectivity index (χ4v) is 3.99. The largest absolute Gasteiger partial charge is 0.0683 e. The zero-order valence-electron chi connectivity index (χ0n) is 17.0. The Morgan fingerprint density at radius 2 is 1.12 bits per heavy atom. The van der Waals surface area contributed by atoms with Crippen LogP contribution in [0.4, 0.5) is 0 Å². The Morgan fingerprint density at radius 3 is 1.62 bits per heavy atom. The van der Waals surface area contributed by atoms with E-state index in [1.54, 1.807) is 0 Å². The Labute approximate surface area is 149 Å². The summed E-state index contributed by atoms with van der Waals surface area (Å²) in [6, 6.07) is 14.1. The van der Waals surface area contributed by atoms with Crippen molar-refractivity contribution in [3.63, 3.8) is 0 Å². The lowest BCUT2D eigenvalue weighted by molar-refractivity contribution is 0.519. The van der Waals surface area contributed by atoms with Crippen molar-refractivity contribution < 1.29 is 0 Å². The summed E-state index contributed by atoms with van der Waals surface area (Å²) >= 11 is 0. The van der Waals surface area contributed by atoms with Crippen molar-refractivity contribution >= 4 is 0 Å². The molecule has 0 amide bonds. The fraction of sp³-hybridized carbons (Fsp3) is 0.500. The third kappa shape index (κ3) is 2.81. The van der Waals surface area contributed by atoms with Crippen molar-refractivity contribution in [2.24, 2.45) is 0 Å². The van der Waals surface area contributed by atoms with Crippen molar-refractivity contribution in [1.29, 1.82) is 0 Å². The van der Waals surface area contributed by atoms with Gasteiger partial charge >= 0.3 is 0 Å². The average Bonchev–Trinajstić information content (AvgIpc) is 2.54. The van der Waals surface area contributed by atoms with Gasteiger partial charge in [0.05, 0.1) is 0 Å². The van der Waals surface area contributed by atoms with Crippen LogP contribution in [0.15, 0.2) is 36.4 Å². The minimum Gasteiger partial charge on any atom is -0.0683 e. The first-order chi connectivity index (χ1) is 11.2. The van der Waals surface area contributed by atoms with Crippen LogP contribution in [0.2, 0.25) is 0 Å². The van der Waals surface area contributed by atoms with Gasteiger partial charge in [0, 0.05) is 10.8 Å². The first-order valence-corrected chi connectivity index (χ1v) is 9.42. The Balaban J connectivity index is 0.00000100. The van der Waals surface area contributed by atoms with E-state index < -0.39 is 0 Å². The normalized spacial score (nSPS) is 16.8. The van der Waals surface area contributed by atoms with Crippen LogP contribution < -0.4 is 0 Å². The summed E-state index contributed by atoms with van der Waals surface area (Å²) in [5.41, 5.74) is 8.89. The first kappa shape index (κ1) is 18.8. The average molecular weight is 323 g/mol. The summed E-state index contributed by atoms with van der Waals surface area (Å²) in [6.07, 6.45) is 0. The summed E-state index contributed by atoms with van der Waals surface area (Å²) in [5, 5.41) is 0. The quantitative estimate of drug-likeness (QED) is 0.525. The number of rotatable bonds is 1. The summed E-state index contributed by atoms with van der Waals surface area (Å²) in [4.78, 5) is 0. The summed E-state index contributed by atoms with van der Waals surface area (Å²) in [6.45, 7) is 20.2. The van der Waals surface area contributed by atoms with Gasteiger partial charge in [0.15, 0.2) is 0 Å². The van der Waals surface area contributed by atoms with Crippen LogP contribution in [0.1, 0.15) is 94.7 Å². The molecular formula is C24H34. The third-order valence-corrected chi connectivity index (χ3v) is 5.58. The third-order valence-electron chi connectivity index (χ3n) is 5.58. The van der Waals surface area contributed by atoms with Crippen LogP contribution in [-0.2, 0) is 10.8 Å². The Morgan fingerprint density at radius 1 is 0.667 bits per heavy atom. The molecule has 0 unspecified atom stereocenters. The van der Waals surface area contributed by atoms with Crippen molar-refractivity contribution in [3.8, 4) is 0 Å². The fourth-order valence-electron chi connectivity index (χ4n) is 3.99. The first-order valence-electron chi connectivity index (χ1n) is 9.42. The molecule has 2 aromatic rings. The summed E-state index contributed by atoms with van der Waals surface area (Å²) < 4.78 is 0. The highest BCUT2D eigenvalue weighted by Gasteiger charge is 2.41. The maximum absolute atomic E-state index is 2.45. The maximum Gasteiger partial charge on any atom is 0.0152 e. The van der Waals surface area contributed by atoms with Crippen LogP contribution in [0.5, 0.6) is 0 Å². The Kier molecular flexibility index (Phi) is 5.00. The highest BCUT2D eigenvalue weighted by Crippen LogP contribution is 2.50. The van der Waals surface area contributed by atoms with Gasteiger partial charge in [0.1, 0.15) is 0 Å². The molecule has 0 heteroatoms. The molecule has 0 aromatic heterocycles. The van der Waals surface area contributed by atoms with Crippen molar-refractivity contribution in [2.45, 2.75) is 79.1 Å². The predicted molar refractivity (Wildman–Crippen MR) is 107 cm³/mol. The molecule has 3 rings (SSSR count). The zero-order valence-corrected chi connectivity index (χ0v) is 17.0. The van der Waals surface area contributed by atoms with Crippen molar-refractivity contribution in [3.05, 3.63) is 69.8 Å². The van der Waals surface area contributed by atoms with E-state index in [0.717, 1.165) is 0 Å². The molecule has 0 saturated heterocycles.